The first-order valence-corrected chi connectivity index (χ1v) is 8.19. The molecule has 0 saturated heterocycles. The van der Waals surface area contributed by atoms with Crippen LogP contribution in [0.5, 0.6) is 0 Å². The molecular weight excluding hydrogens is 348 g/mol. The van der Waals surface area contributed by atoms with Crippen LogP contribution in [0.3, 0.4) is 0 Å². The lowest BCUT2D eigenvalue weighted by molar-refractivity contribution is -0.142. The van der Waals surface area contributed by atoms with E-state index in [1.807, 2.05) is 0 Å². The zero-order chi connectivity index (χ0) is 16.2. The molecule has 1 fully saturated rings. The van der Waals surface area contributed by atoms with Gasteiger partial charge in [-0.25, -0.2) is 0 Å². The molecule has 1 amide bonds. The Kier molecular flexibility index (Phi) is 5.45. The van der Waals surface area contributed by atoms with Crippen molar-refractivity contribution >= 4 is 33.5 Å². The number of halogens is 1. The molecule has 0 spiro atoms. The van der Waals surface area contributed by atoms with Crippen LogP contribution in [0, 0.1) is 0 Å². The molecule has 1 aromatic rings. The van der Waals surface area contributed by atoms with Crippen LogP contribution in [0.4, 0.5) is 5.69 Å². The van der Waals surface area contributed by atoms with Gasteiger partial charge in [0.25, 0.3) is 5.91 Å². The van der Waals surface area contributed by atoms with Gasteiger partial charge in [-0.15, -0.1) is 0 Å². The third kappa shape index (κ3) is 4.00. The first kappa shape index (κ1) is 16.8. The number of rotatable bonds is 4. The molecule has 22 heavy (non-hydrogen) atoms. The van der Waals surface area contributed by atoms with Crippen molar-refractivity contribution in [3.63, 3.8) is 0 Å². The van der Waals surface area contributed by atoms with Crippen LogP contribution in [-0.2, 0) is 9.53 Å². The number of benzene rings is 1. The van der Waals surface area contributed by atoms with Gasteiger partial charge < -0.3 is 15.8 Å². The number of methoxy groups -OCH3 is 1. The summed E-state index contributed by atoms with van der Waals surface area (Å²) in [5, 5.41) is 3.04. The number of nitrogen functional groups attached to an aromatic ring is 1. The highest BCUT2D eigenvalue weighted by Gasteiger charge is 2.36. The van der Waals surface area contributed by atoms with E-state index in [1.165, 1.54) is 7.11 Å². The largest absolute Gasteiger partial charge is 0.469 e. The van der Waals surface area contributed by atoms with Crippen molar-refractivity contribution in [2.45, 2.75) is 44.1 Å². The van der Waals surface area contributed by atoms with Gasteiger partial charge in [0.05, 0.1) is 24.6 Å². The van der Waals surface area contributed by atoms with Gasteiger partial charge in [0.1, 0.15) is 0 Å². The average Bonchev–Trinajstić information content (AvgIpc) is 2.47. The van der Waals surface area contributed by atoms with Gasteiger partial charge in [-0.2, -0.15) is 0 Å². The Morgan fingerprint density at radius 1 is 1.32 bits per heavy atom. The summed E-state index contributed by atoms with van der Waals surface area (Å²) in [7, 11) is 1.37. The molecule has 120 valence electrons. The lowest BCUT2D eigenvalue weighted by Gasteiger charge is -2.37. The van der Waals surface area contributed by atoms with E-state index in [1.54, 1.807) is 18.2 Å². The number of nitrogens with two attached hydrogens (primary N) is 1. The number of nitrogens with one attached hydrogen (secondary N) is 1. The van der Waals surface area contributed by atoms with Crippen molar-refractivity contribution in [2.75, 3.05) is 12.8 Å². The monoisotopic (exact) mass is 368 g/mol. The zero-order valence-corrected chi connectivity index (χ0v) is 14.2. The highest BCUT2D eigenvalue weighted by Crippen LogP contribution is 2.32. The molecule has 0 atom stereocenters. The molecule has 2 rings (SSSR count). The first-order chi connectivity index (χ1) is 10.5. The Hall–Kier alpha value is -1.56. The number of hydrogen-bond donors (Lipinski definition) is 2. The number of anilines is 1. The highest BCUT2D eigenvalue weighted by atomic mass is 79.9. The van der Waals surface area contributed by atoms with E-state index >= 15 is 0 Å². The van der Waals surface area contributed by atoms with Crippen LogP contribution in [-0.4, -0.2) is 24.5 Å². The predicted molar refractivity (Wildman–Crippen MR) is 88.5 cm³/mol. The minimum Gasteiger partial charge on any atom is -0.469 e. The minimum absolute atomic E-state index is 0.200. The van der Waals surface area contributed by atoms with Crippen LogP contribution in [0.1, 0.15) is 48.9 Å². The molecule has 0 bridgehead atoms. The van der Waals surface area contributed by atoms with E-state index in [9.17, 15) is 9.59 Å². The quantitative estimate of drug-likeness (QED) is 0.632. The van der Waals surface area contributed by atoms with Crippen molar-refractivity contribution in [2.24, 2.45) is 0 Å². The van der Waals surface area contributed by atoms with Gasteiger partial charge in [-0.05, 0) is 31.0 Å². The van der Waals surface area contributed by atoms with E-state index in [4.69, 9.17) is 10.5 Å². The standard InChI is InChI=1S/C16H21BrN2O3/c1-22-14(20)10-16(7-3-2-4-8-16)19-15(21)12-6-5-11(17)9-13(12)18/h5-6,9H,2-4,7-8,10,18H2,1H3,(H,19,21). The smallest absolute Gasteiger partial charge is 0.307 e. The Balaban J connectivity index is 2.18. The second-order valence-corrected chi connectivity index (χ2v) is 6.70. The molecule has 5 nitrogen and oxygen atoms in total. The average molecular weight is 369 g/mol. The summed E-state index contributed by atoms with van der Waals surface area (Å²) in [6, 6.07) is 5.16. The summed E-state index contributed by atoms with van der Waals surface area (Å²) < 4.78 is 5.61. The fraction of sp³-hybridized carbons (Fsp3) is 0.500. The van der Waals surface area contributed by atoms with E-state index in [-0.39, 0.29) is 18.3 Å². The van der Waals surface area contributed by atoms with Crippen molar-refractivity contribution < 1.29 is 14.3 Å². The topological polar surface area (TPSA) is 81.4 Å². The van der Waals surface area contributed by atoms with Crippen molar-refractivity contribution in [3.8, 4) is 0 Å². The Labute approximate surface area is 138 Å². The summed E-state index contributed by atoms with van der Waals surface area (Å²) in [4.78, 5) is 24.3. The van der Waals surface area contributed by atoms with Crippen molar-refractivity contribution in [1.29, 1.82) is 0 Å². The Morgan fingerprint density at radius 3 is 2.59 bits per heavy atom. The van der Waals surface area contributed by atoms with Crippen LogP contribution < -0.4 is 11.1 Å². The maximum Gasteiger partial charge on any atom is 0.307 e. The Bertz CT molecular complexity index is 569. The molecule has 6 heteroatoms. The van der Waals surface area contributed by atoms with Crippen molar-refractivity contribution in [1.82, 2.24) is 5.32 Å². The van der Waals surface area contributed by atoms with Crippen molar-refractivity contribution in [3.05, 3.63) is 28.2 Å². The van der Waals surface area contributed by atoms with Crippen LogP contribution in [0.25, 0.3) is 0 Å². The van der Waals surface area contributed by atoms with Crippen LogP contribution in [0.15, 0.2) is 22.7 Å². The molecule has 1 saturated carbocycles. The van der Waals surface area contributed by atoms with E-state index in [0.29, 0.717) is 11.3 Å². The second kappa shape index (κ2) is 7.13. The third-order valence-electron chi connectivity index (χ3n) is 4.16. The van der Waals surface area contributed by atoms with Gasteiger partial charge in [0, 0.05) is 10.2 Å². The maximum atomic E-state index is 12.6. The van der Waals surface area contributed by atoms with Gasteiger partial charge >= 0.3 is 5.97 Å². The summed E-state index contributed by atoms with van der Waals surface area (Å²) in [5.41, 5.74) is 6.23. The van der Waals surface area contributed by atoms with Gasteiger partial charge in [-0.3, -0.25) is 9.59 Å². The molecule has 0 unspecified atom stereocenters. The molecule has 0 aliphatic heterocycles. The predicted octanol–water partition coefficient (Wildman–Crippen LogP) is 3.03. The summed E-state index contributed by atoms with van der Waals surface area (Å²) in [6.07, 6.45) is 4.87. The summed E-state index contributed by atoms with van der Waals surface area (Å²) in [5.74, 6) is -0.540. The van der Waals surface area contributed by atoms with Gasteiger partial charge in [-0.1, -0.05) is 35.2 Å². The number of carbonyl (C=O) groups excluding carboxylic acids is 2. The number of ether oxygens (including phenoxy) is 1. The normalized spacial score (nSPS) is 16.8. The molecule has 3 N–H and O–H groups in total. The third-order valence-corrected chi connectivity index (χ3v) is 4.65. The minimum atomic E-state index is -0.526. The van der Waals surface area contributed by atoms with Crippen LogP contribution >= 0.6 is 15.9 Å². The number of hydrogen-bond acceptors (Lipinski definition) is 4. The molecule has 0 aromatic heterocycles. The number of carbonyl (C=O) groups is 2. The van der Waals surface area contributed by atoms with Crippen LogP contribution in [0.2, 0.25) is 0 Å². The molecule has 0 radical (unpaired) electrons. The number of amides is 1. The SMILES string of the molecule is COC(=O)CC1(NC(=O)c2ccc(Br)cc2N)CCCCC1. The summed E-state index contributed by atoms with van der Waals surface area (Å²) >= 11 is 3.32. The van der Waals surface area contributed by atoms with E-state index in [2.05, 4.69) is 21.2 Å². The molecular formula is C16H21BrN2O3. The summed E-state index contributed by atoms with van der Waals surface area (Å²) in [6.45, 7) is 0. The lowest BCUT2D eigenvalue weighted by Crippen LogP contribution is -2.51. The fourth-order valence-electron chi connectivity index (χ4n) is 2.97. The maximum absolute atomic E-state index is 12.6. The first-order valence-electron chi connectivity index (χ1n) is 7.40. The van der Waals surface area contributed by atoms with Gasteiger partial charge in [0.2, 0.25) is 0 Å². The highest BCUT2D eigenvalue weighted by molar-refractivity contribution is 9.10. The van der Waals surface area contributed by atoms with Gasteiger partial charge in [0.15, 0.2) is 0 Å². The Morgan fingerprint density at radius 2 is 2.00 bits per heavy atom. The van der Waals surface area contributed by atoms with E-state index < -0.39 is 5.54 Å². The molecule has 1 aliphatic carbocycles. The molecule has 1 aliphatic rings. The number of esters is 1. The molecule has 0 heterocycles. The second-order valence-electron chi connectivity index (χ2n) is 5.78. The molecule has 1 aromatic carbocycles. The zero-order valence-electron chi connectivity index (χ0n) is 12.7. The fourth-order valence-corrected chi connectivity index (χ4v) is 3.35. The van der Waals surface area contributed by atoms with E-state index in [0.717, 1.165) is 36.6 Å². The lowest BCUT2D eigenvalue weighted by atomic mass is 9.79.